The summed E-state index contributed by atoms with van der Waals surface area (Å²) in [7, 11) is 2.15. The number of piperazine rings is 1. The molecule has 0 unspecified atom stereocenters. The number of carbonyl (C=O) groups is 1. The topological polar surface area (TPSA) is 52.9 Å². The number of benzene rings is 1. The molecule has 0 spiro atoms. The summed E-state index contributed by atoms with van der Waals surface area (Å²) in [6.45, 7) is 10.5. The molecule has 6 nitrogen and oxygen atoms in total. The van der Waals surface area contributed by atoms with Gasteiger partial charge in [-0.2, -0.15) is 0 Å². The van der Waals surface area contributed by atoms with E-state index < -0.39 is 0 Å². The van der Waals surface area contributed by atoms with Crippen molar-refractivity contribution >= 4 is 22.8 Å². The molecule has 2 aromatic heterocycles. The van der Waals surface area contributed by atoms with E-state index in [0.717, 1.165) is 43.2 Å². The van der Waals surface area contributed by atoms with Crippen LogP contribution >= 0.6 is 0 Å². The molecule has 0 atom stereocenters. The van der Waals surface area contributed by atoms with E-state index in [-0.39, 0.29) is 11.3 Å². The van der Waals surface area contributed by atoms with Crippen molar-refractivity contribution in [2.75, 3.05) is 43.4 Å². The predicted octanol–water partition coefficient (Wildman–Crippen LogP) is 3.64. The lowest BCUT2D eigenvalue weighted by molar-refractivity contribution is 0.102. The van der Waals surface area contributed by atoms with E-state index in [1.807, 2.05) is 40.9 Å². The summed E-state index contributed by atoms with van der Waals surface area (Å²) in [6, 6.07) is 13.9. The van der Waals surface area contributed by atoms with Crippen molar-refractivity contribution < 1.29 is 4.79 Å². The maximum absolute atomic E-state index is 13.0. The number of nitrogens with zero attached hydrogens (tertiary/aromatic N) is 4. The fourth-order valence-corrected chi connectivity index (χ4v) is 3.74. The van der Waals surface area contributed by atoms with Gasteiger partial charge in [0.2, 0.25) is 0 Å². The Morgan fingerprint density at radius 2 is 1.69 bits per heavy atom. The van der Waals surface area contributed by atoms with E-state index in [0.29, 0.717) is 5.69 Å². The largest absolute Gasteiger partial charge is 0.369 e. The standard InChI is InChI=1S/C23H29N5O/c1-23(2,3)22-25-20(19-7-5-6-12-28(19)22)21(29)24-17-8-10-18(11-9-17)27-15-13-26(4)14-16-27/h5-12H,13-16H2,1-4H3,(H,24,29). The third kappa shape index (κ3) is 3.98. The smallest absolute Gasteiger partial charge is 0.276 e. The Morgan fingerprint density at radius 3 is 2.34 bits per heavy atom. The van der Waals surface area contributed by atoms with E-state index in [4.69, 9.17) is 4.98 Å². The molecule has 4 rings (SSSR count). The Balaban J connectivity index is 1.54. The van der Waals surface area contributed by atoms with Crippen LogP contribution in [-0.2, 0) is 5.41 Å². The minimum atomic E-state index is -0.184. The number of pyridine rings is 1. The number of fused-ring (bicyclic) bond motifs is 1. The molecule has 1 saturated heterocycles. The van der Waals surface area contributed by atoms with Crippen molar-refractivity contribution in [1.29, 1.82) is 0 Å². The summed E-state index contributed by atoms with van der Waals surface area (Å²) >= 11 is 0. The van der Waals surface area contributed by atoms with Gasteiger partial charge < -0.3 is 19.5 Å². The highest BCUT2D eigenvalue weighted by Gasteiger charge is 2.25. The molecule has 1 aliphatic rings. The molecule has 6 heteroatoms. The molecule has 29 heavy (non-hydrogen) atoms. The van der Waals surface area contributed by atoms with Crippen molar-refractivity contribution in [2.45, 2.75) is 26.2 Å². The van der Waals surface area contributed by atoms with Crippen LogP contribution in [0, 0.1) is 0 Å². The van der Waals surface area contributed by atoms with Gasteiger partial charge in [0.05, 0.1) is 5.52 Å². The molecule has 0 saturated carbocycles. The molecule has 3 heterocycles. The highest BCUT2D eigenvalue weighted by molar-refractivity contribution is 6.07. The first-order valence-corrected chi connectivity index (χ1v) is 10.2. The number of aromatic nitrogens is 2. The Bertz CT molecular complexity index is 1010. The molecule has 0 aliphatic carbocycles. The fourth-order valence-electron chi connectivity index (χ4n) is 3.74. The first kappa shape index (κ1) is 19.5. The summed E-state index contributed by atoms with van der Waals surface area (Å²) in [6.07, 6.45) is 1.96. The zero-order valence-electron chi connectivity index (χ0n) is 17.6. The van der Waals surface area contributed by atoms with Crippen LogP contribution in [0.5, 0.6) is 0 Å². The van der Waals surface area contributed by atoms with Crippen LogP contribution in [0.25, 0.3) is 5.52 Å². The van der Waals surface area contributed by atoms with Gasteiger partial charge in [-0.25, -0.2) is 4.98 Å². The van der Waals surface area contributed by atoms with Gasteiger partial charge in [-0.1, -0.05) is 26.8 Å². The second kappa shape index (κ2) is 7.52. The van der Waals surface area contributed by atoms with Gasteiger partial charge in [0, 0.05) is 49.2 Å². The lowest BCUT2D eigenvalue weighted by Crippen LogP contribution is -2.44. The van der Waals surface area contributed by atoms with Gasteiger partial charge >= 0.3 is 0 Å². The SMILES string of the molecule is CN1CCN(c2ccc(NC(=O)c3nc(C(C)(C)C)n4ccccc34)cc2)CC1. The summed E-state index contributed by atoms with van der Waals surface area (Å²) < 4.78 is 2.01. The van der Waals surface area contributed by atoms with Crippen molar-refractivity contribution in [2.24, 2.45) is 0 Å². The molecule has 0 radical (unpaired) electrons. The van der Waals surface area contributed by atoms with Crippen molar-refractivity contribution in [3.63, 3.8) is 0 Å². The van der Waals surface area contributed by atoms with E-state index in [2.05, 4.69) is 55.1 Å². The third-order valence-electron chi connectivity index (χ3n) is 5.43. The van der Waals surface area contributed by atoms with Crippen LogP contribution < -0.4 is 10.2 Å². The molecule has 1 amide bonds. The molecule has 3 aromatic rings. The number of anilines is 2. The van der Waals surface area contributed by atoms with E-state index in [1.165, 1.54) is 5.69 Å². The lowest BCUT2D eigenvalue weighted by atomic mass is 9.96. The average Bonchev–Trinajstić information content (AvgIpc) is 3.10. The molecule has 152 valence electrons. The number of nitrogens with one attached hydrogen (secondary N) is 1. The van der Waals surface area contributed by atoms with E-state index in [1.54, 1.807) is 0 Å². The molecule has 1 aromatic carbocycles. The molecule has 1 fully saturated rings. The lowest BCUT2D eigenvalue weighted by Gasteiger charge is -2.34. The number of amides is 1. The van der Waals surface area contributed by atoms with Gasteiger partial charge in [0.15, 0.2) is 5.69 Å². The van der Waals surface area contributed by atoms with Gasteiger partial charge in [-0.15, -0.1) is 0 Å². The van der Waals surface area contributed by atoms with E-state index in [9.17, 15) is 4.79 Å². The predicted molar refractivity (Wildman–Crippen MR) is 118 cm³/mol. The van der Waals surface area contributed by atoms with E-state index >= 15 is 0 Å². The van der Waals surface area contributed by atoms with Crippen LogP contribution in [0.3, 0.4) is 0 Å². The van der Waals surface area contributed by atoms with Gasteiger partial charge in [0.1, 0.15) is 5.82 Å². The highest BCUT2D eigenvalue weighted by atomic mass is 16.1. The molecule has 1 aliphatic heterocycles. The molecule has 1 N–H and O–H groups in total. The summed E-state index contributed by atoms with van der Waals surface area (Å²) in [5, 5.41) is 3.01. The zero-order chi connectivity index (χ0) is 20.6. The molecule has 0 bridgehead atoms. The minimum Gasteiger partial charge on any atom is -0.369 e. The number of hydrogen-bond acceptors (Lipinski definition) is 4. The van der Waals surface area contributed by atoms with Crippen molar-refractivity contribution in [1.82, 2.24) is 14.3 Å². The van der Waals surface area contributed by atoms with Crippen LogP contribution in [0.2, 0.25) is 0 Å². The summed E-state index contributed by atoms with van der Waals surface area (Å²) in [5.74, 6) is 0.695. The van der Waals surface area contributed by atoms with Crippen LogP contribution in [0.1, 0.15) is 37.1 Å². The Labute approximate surface area is 172 Å². The Morgan fingerprint density at radius 1 is 1.00 bits per heavy atom. The summed E-state index contributed by atoms with van der Waals surface area (Å²) in [4.78, 5) is 22.4. The number of carbonyl (C=O) groups excluding carboxylic acids is 1. The van der Waals surface area contributed by atoms with Crippen LogP contribution in [0.15, 0.2) is 48.7 Å². The third-order valence-corrected chi connectivity index (χ3v) is 5.43. The normalized spacial score (nSPS) is 15.7. The highest BCUT2D eigenvalue weighted by Crippen LogP contribution is 2.25. The number of hydrogen-bond donors (Lipinski definition) is 1. The molecular formula is C23H29N5O. The Hall–Kier alpha value is -2.86. The second-order valence-electron chi connectivity index (χ2n) is 8.78. The monoisotopic (exact) mass is 391 g/mol. The fraction of sp³-hybridized carbons (Fsp3) is 0.391. The number of likely N-dealkylation sites (N-methyl/N-ethyl adjacent to an activating group) is 1. The Kier molecular flexibility index (Phi) is 5.04. The maximum Gasteiger partial charge on any atom is 0.276 e. The van der Waals surface area contributed by atoms with Crippen molar-refractivity contribution in [3.8, 4) is 0 Å². The average molecular weight is 392 g/mol. The van der Waals surface area contributed by atoms with Gasteiger partial charge in [0.25, 0.3) is 5.91 Å². The number of imidazole rings is 1. The van der Waals surface area contributed by atoms with Gasteiger partial charge in [-0.05, 0) is 43.4 Å². The first-order valence-electron chi connectivity index (χ1n) is 10.2. The van der Waals surface area contributed by atoms with Crippen LogP contribution in [0.4, 0.5) is 11.4 Å². The molecular weight excluding hydrogens is 362 g/mol. The quantitative estimate of drug-likeness (QED) is 0.741. The minimum absolute atomic E-state index is 0.160. The maximum atomic E-state index is 13.0. The second-order valence-corrected chi connectivity index (χ2v) is 8.78. The van der Waals surface area contributed by atoms with Crippen molar-refractivity contribution in [3.05, 3.63) is 60.2 Å². The zero-order valence-corrected chi connectivity index (χ0v) is 17.6. The summed E-state index contributed by atoms with van der Waals surface area (Å²) in [5.41, 5.74) is 3.09. The first-order chi connectivity index (χ1) is 13.8. The van der Waals surface area contributed by atoms with Crippen LogP contribution in [-0.4, -0.2) is 53.4 Å². The van der Waals surface area contributed by atoms with Gasteiger partial charge in [-0.3, -0.25) is 4.79 Å². The number of rotatable bonds is 3.